The zero-order valence-electron chi connectivity index (χ0n) is 9.30. The van der Waals surface area contributed by atoms with E-state index in [2.05, 4.69) is 9.28 Å². The molecule has 0 saturated carbocycles. The van der Waals surface area contributed by atoms with Gasteiger partial charge in [0.15, 0.2) is 0 Å². The smallest absolute Gasteiger partial charge is 0.368 e. The van der Waals surface area contributed by atoms with Crippen LogP contribution in [0.4, 0.5) is 0 Å². The Labute approximate surface area is 104 Å². The second-order valence-electron chi connectivity index (χ2n) is 3.69. The lowest BCUT2D eigenvalue weighted by atomic mass is 10.3. The molecule has 10 heteroatoms. The van der Waals surface area contributed by atoms with Gasteiger partial charge >= 0.3 is 10.4 Å². The van der Waals surface area contributed by atoms with Crippen LogP contribution in [0.25, 0.3) is 0 Å². The summed E-state index contributed by atoms with van der Waals surface area (Å²) in [5, 5.41) is 0.613. The van der Waals surface area contributed by atoms with Crippen LogP contribution in [-0.2, 0) is 14.7 Å². The highest BCUT2D eigenvalue weighted by atomic mass is 32.3. The van der Waals surface area contributed by atoms with E-state index in [9.17, 15) is 8.42 Å². The van der Waals surface area contributed by atoms with Gasteiger partial charge in [0.2, 0.25) is 5.96 Å². The van der Waals surface area contributed by atoms with Gasteiger partial charge < -0.3 is 16.4 Å². The van der Waals surface area contributed by atoms with Crippen molar-refractivity contribution in [1.82, 2.24) is 9.96 Å². The van der Waals surface area contributed by atoms with Crippen molar-refractivity contribution in [2.75, 3.05) is 13.1 Å². The van der Waals surface area contributed by atoms with Crippen LogP contribution in [0.15, 0.2) is 29.0 Å². The zero-order valence-corrected chi connectivity index (χ0v) is 10.1. The van der Waals surface area contributed by atoms with E-state index in [1.54, 1.807) is 0 Å². The third-order valence-electron chi connectivity index (χ3n) is 2.36. The first-order valence-corrected chi connectivity index (χ1v) is 6.41. The van der Waals surface area contributed by atoms with Gasteiger partial charge in [0.05, 0.1) is 0 Å². The number of nitrogens with two attached hydrogens (primary N) is 2. The van der Waals surface area contributed by atoms with E-state index in [4.69, 9.17) is 16.0 Å². The van der Waals surface area contributed by atoms with Crippen LogP contribution in [0, 0.1) is 0 Å². The van der Waals surface area contributed by atoms with Gasteiger partial charge in [-0.1, -0.05) is 12.2 Å². The Bertz CT molecular complexity index is 518. The lowest BCUT2D eigenvalue weighted by Gasteiger charge is -2.30. The van der Waals surface area contributed by atoms with Crippen molar-refractivity contribution in [2.24, 2.45) is 16.5 Å². The number of rotatable bonds is 3. The monoisotopic (exact) mass is 275 g/mol. The number of aliphatic imine (C=N–C) groups is 1. The summed E-state index contributed by atoms with van der Waals surface area (Å²) in [6.45, 7) is 1.35. The molecule has 100 valence electrons. The molecule has 1 atom stereocenters. The van der Waals surface area contributed by atoms with Crippen LogP contribution in [-0.4, -0.2) is 48.1 Å². The average Bonchev–Trinajstić information content (AvgIpc) is 2.75. The van der Waals surface area contributed by atoms with Crippen LogP contribution >= 0.6 is 0 Å². The molecule has 0 aromatic rings. The molecule has 0 fully saturated rings. The van der Waals surface area contributed by atoms with Crippen molar-refractivity contribution in [1.29, 1.82) is 0 Å². The third kappa shape index (κ3) is 2.79. The molecule has 0 aliphatic carbocycles. The van der Waals surface area contributed by atoms with Crippen molar-refractivity contribution < 1.29 is 17.3 Å². The first-order valence-electron chi connectivity index (χ1n) is 5.04. The molecule has 1 unspecified atom stereocenters. The van der Waals surface area contributed by atoms with E-state index >= 15 is 0 Å². The normalized spacial score (nSPS) is 24.2. The zero-order chi connectivity index (χ0) is 13.3. The molecule has 0 spiro atoms. The Morgan fingerprint density at radius 3 is 2.56 bits per heavy atom. The minimum Gasteiger partial charge on any atom is -0.368 e. The third-order valence-corrected chi connectivity index (χ3v) is 2.71. The highest BCUT2D eigenvalue weighted by Gasteiger charge is 2.28. The molecule has 2 heterocycles. The van der Waals surface area contributed by atoms with Gasteiger partial charge in [-0.15, -0.1) is 4.28 Å². The second kappa shape index (κ2) is 4.57. The summed E-state index contributed by atoms with van der Waals surface area (Å²) < 4.78 is 34.0. The first kappa shape index (κ1) is 12.8. The lowest BCUT2D eigenvalue weighted by Crippen LogP contribution is -2.51. The summed E-state index contributed by atoms with van der Waals surface area (Å²) in [6, 6.07) is 0. The molecule has 0 aromatic heterocycles. The molecule has 0 saturated heterocycles. The van der Waals surface area contributed by atoms with Crippen molar-refractivity contribution >= 4 is 16.4 Å². The van der Waals surface area contributed by atoms with Gasteiger partial charge in [0.1, 0.15) is 12.0 Å². The van der Waals surface area contributed by atoms with Crippen LogP contribution < -0.4 is 11.5 Å². The molecule has 18 heavy (non-hydrogen) atoms. The van der Waals surface area contributed by atoms with Crippen molar-refractivity contribution in [3.05, 3.63) is 24.0 Å². The van der Waals surface area contributed by atoms with Crippen LogP contribution in [0.3, 0.4) is 0 Å². The summed E-state index contributed by atoms with van der Waals surface area (Å²) in [7, 11) is -4.70. The van der Waals surface area contributed by atoms with Crippen LogP contribution in [0.5, 0.6) is 0 Å². The quantitative estimate of drug-likeness (QED) is 0.412. The SMILES string of the molecule is NC1=NC(N2CC=CC2)=CC(N)N1OS(=O)(=O)O. The Balaban J connectivity index is 2.15. The van der Waals surface area contributed by atoms with Gasteiger partial charge in [0, 0.05) is 13.1 Å². The van der Waals surface area contributed by atoms with E-state index in [-0.39, 0.29) is 5.96 Å². The molecular formula is C8H13N5O4S. The Kier molecular flexibility index (Phi) is 3.26. The fourth-order valence-electron chi connectivity index (χ4n) is 1.61. The second-order valence-corrected chi connectivity index (χ2v) is 4.69. The van der Waals surface area contributed by atoms with E-state index < -0.39 is 16.6 Å². The van der Waals surface area contributed by atoms with Gasteiger partial charge in [-0.3, -0.25) is 4.55 Å². The highest BCUT2D eigenvalue weighted by molar-refractivity contribution is 7.80. The summed E-state index contributed by atoms with van der Waals surface area (Å²) in [5.41, 5.74) is 11.2. The van der Waals surface area contributed by atoms with Gasteiger partial charge in [-0.05, 0) is 6.08 Å². The summed E-state index contributed by atoms with van der Waals surface area (Å²) in [5.74, 6) is 0.282. The van der Waals surface area contributed by atoms with Gasteiger partial charge in [0.25, 0.3) is 0 Å². The lowest BCUT2D eigenvalue weighted by molar-refractivity contribution is -0.0130. The predicted octanol–water partition coefficient (Wildman–Crippen LogP) is -1.65. The van der Waals surface area contributed by atoms with Gasteiger partial charge in [-0.2, -0.15) is 18.5 Å². The van der Waals surface area contributed by atoms with E-state index in [0.717, 1.165) is 0 Å². The molecule has 9 nitrogen and oxygen atoms in total. The summed E-state index contributed by atoms with van der Waals surface area (Å²) >= 11 is 0. The van der Waals surface area contributed by atoms with Crippen molar-refractivity contribution in [2.45, 2.75) is 6.17 Å². The molecule has 0 amide bonds. The fourth-order valence-corrected chi connectivity index (χ4v) is 1.99. The van der Waals surface area contributed by atoms with Crippen LogP contribution in [0.1, 0.15) is 0 Å². The molecule has 5 N–H and O–H groups in total. The molecule has 0 bridgehead atoms. The Morgan fingerprint density at radius 2 is 2.06 bits per heavy atom. The molecule has 0 aromatic carbocycles. The van der Waals surface area contributed by atoms with Crippen molar-refractivity contribution in [3.8, 4) is 0 Å². The number of guanidine groups is 1. The van der Waals surface area contributed by atoms with E-state index in [1.807, 2.05) is 17.1 Å². The maximum Gasteiger partial charge on any atom is 0.418 e. The molecular weight excluding hydrogens is 262 g/mol. The average molecular weight is 275 g/mol. The van der Waals surface area contributed by atoms with Crippen molar-refractivity contribution in [3.63, 3.8) is 0 Å². The number of nitrogens with zero attached hydrogens (tertiary/aromatic N) is 3. The standard InChI is InChI=1S/C8H13N5O4S/c9-6-5-7(12-3-1-2-4-12)11-8(10)13(6)17-18(14,15)16/h1-2,5-6H,3-4,9H2,(H2,10,11)(H,14,15,16). The maximum absolute atomic E-state index is 10.6. The number of hydrogen-bond acceptors (Lipinski definition) is 8. The summed E-state index contributed by atoms with van der Waals surface area (Å²) in [6.07, 6.45) is 4.44. The molecule has 2 rings (SSSR count). The fraction of sp³-hybridized carbons (Fsp3) is 0.375. The minimum absolute atomic E-state index is 0.246. The van der Waals surface area contributed by atoms with Crippen LogP contribution in [0.2, 0.25) is 0 Å². The number of hydroxylamine groups is 2. The van der Waals surface area contributed by atoms with E-state index in [1.165, 1.54) is 6.08 Å². The first-order chi connectivity index (χ1) is 8.37. The highest BCUT2D eigenvalue weighted by Crippen LogP contribution is 2.17. The molecule has 2 aliphatic heterocycles. The largest absolute Gasteiger partial charge is 0.418 e. The molecule has 2 aliphatic rings. The Hall–Kier alpha value is -1.62. The predicted molar refractivity (Wildman–Crippen MR) is 62.9 cm³/mol. The maximum atomic E-state index is 10.6. The summed E-state index contributed by atoms with van der Waals surface area (Å²) in [4.78, 5) is 5.85. The number of hydrogen-bond donors (Lipinski definition) is 3. The van der Waals surface area contributed by atoms with Gasteiger partial charge in [-0.25, -0.2) is 0 Å². The minimum atomic E-state index is -4.70. The Morgan fingerprint density at radius 1 is 1.44 bits per heavy atom. The molecule has 0 radical (unpaired) electrons. The topological polar surface area (TPSA) is 134 Å². The van der Waals surface area contributed by atoms with E-state index in [0.29, 0.717) is 24.0 Å².